The van der Waals surface area contributed by atoms with Gasteiger partial charge in [0, 0.05) is 24.1 Å². The van der Waals surface area contributed by atoms with Crippen LogP contribution in [0.25, 0.3) is 0 Å². The summed E-state index contributed by atoms with van der Waals surface area (Å²) in [7, 11) is 0. The fraction of sp³-hybridized carbons (Fsp3) is 0.742. The van der Waals surface area contributed by atoms with E-state index < -0.39 is 11.8 Å². The van der Waals surface area contributed by atoms with Crippen LogP contribution in [-0.2, 0) is 14.3 Å². The largest absolute Gasteiger partial charge is 0.477 e. The van der Waals surface area contributed by atoms with Crippen molar-refractivity contribution in [1.82, 2.24) is 0 Å². The van der Waals surface area contributed by atoms with Gasteiger partial charge in [-0.25, -0.2) is 4.79 Å². The van der Waals surface area contributed by atoms with Crippen molar-refractivity contribution in [3.05, 3.63) is 29.8 Å². The van der Waals surface area contributed by atoms with Crippen LogP contribution in [0.3, 0.4) is 0 Å². The molecule has 0 aliphatic rings. The zero-order valence-corrected chi connectivity index (χ0v) is 23.9. The fourth-order valence-corrected chi connectivity index (χ4v) is 4.69. The molecule has 0 aliphatic carbocycles. The molecule has 212 valence electrons. The summed E-state index contributed by atoms with van der Waals surface area (Å²) >= 11 is 0. The number of hydrogen-bond donors (Lipinski definition) is 2. The van der Waals surface area contributed by atoms with Crippen LogP contribution < -0.4 is 5.73 Å². The summed E-state index contributed by atoms with van der Waals surface area (Å²) in [4.78, 5) is 24.0. The Labute approximate surface area is 225 Å². The summed E-state index contributed by atoms with van der Waals surface area (Å²) in [5.74, 6) is -2.34. The number of carboxylic acids is 1. The first-order valence-corrected chi connectivity index (χ1v) is 14.6. The Morgan fingerprint density at radius 3 is 1.46 bits per heavy atom. The van der Waals surface area contributed by atoms with Gasteiger partial charge in [-0.15, -0.1) is 0 Å². The lowest BCUT2D eigenvalue weighted by atomic mass is 10.0. The van der Waals surface area contributed by atoms with Gasteiger partial charge >= 0.3 is 5.97 Å². The second-order valence-electron chi connectivity index (χ2n) is 10.9. The quantitative estimate of drug-likeness (QED) is 0.0652. The molecule has 3 N–H and O–H groups in total. The second kappa shape index (κ2) is 19.2. The molecule has 1 aromatic rings. The minimum Gasteiger partial charge on any atom is -0.477 e. The lowest BCUT2D eigenvalue weighted by Gasteiger charge is -2.33. The van der Waals surface area contributed by atoms with Crippen molar-refractivity contribution in [2.45, 2.75) is 148 Å². The summed E-state index contributed by atoms with van der Waals surface area (Å²) in [5.41, 5.74) is 7.13. The summed E-state index contributed by atoms with van der Waals surface area (Å²) in [6, 6.07) is 7.21. The standard InChI is InChI=1S/C31H53NO5/c1-25(2)36-31(30(34)35,37-26(3)4)24-18-16-14-12-10-8-6-5-7-9-11-13-15-17-19-29(33)27-20-22-28(32)23-21-27/h20-23,25-26H,5-19,24,32H2,1-4H3,(H,34,35). The van der Waals surface area contributed by atoms with Crippen molar-refractivity contribution in [3.63, 3.8) is 0 Å². The van der Waals surface area contributed by atoms with Crippen molar-refractivity contribution in [2.75, 3.05) is 5.73 Å². The average molecular weight is 520 g/mol. The second-order valence-corrected chi connectivity index (χ2v) is 10.9. The maximum atomic E-state index is 12.2. The Bertz CT molecular complexity index is 734. The van der Waals surface area contributed by atoms with E-state index >= 15 is 0 Å². The molecule has 37 heavy (non-hydrogen) atoms. The highest BCUT2D eigenvalue weighted by atomic mass is 16.7. The Balaban J connectivity index is 1.97. The Morgan fingerprint density at radius 1 is 0.703 bits per heavy atom. The van der Waals surface area contributed by atoms with E-state index in [1.807, 2.05) is 39.8 Å². The van der Waals surface area contributed by atoms with Crippen LogP contribution >= 0.6 is 0 Å². The third-order valence-corrected chi connectivity index (χ3v) is 6.57. The molecule has 1 aromatic carbocycles. The number of Topliss-reactive ketones (excluding diaryl/α,β-unsaturated/α-hetero) is 1. The summed E-state index contributed by atoms with van der Waals surface area (Å²) < 4.78 is 11.4. The molecule has 1 rings (SSSR count). The van der Waals surface area contributed by atoms with Crippen LogP contribution in [0.2, 0.25) is 0 Å². The van der Waals surface area contributed by atoms with Crippen LogP contribution in [0.5, 0.6) is 0 Å². The first kappa shape index (κ1) is 33.1. The number of unbranched alkanes of at least 4 members (excludes halogenated alkanes) is 13. The predicted octanol–water partition coefficient (Wildman–Crippen LogP) is 8.32. The van der Waals surface area contributed by atoms with Gasteiger partial charge in [0.2, 0.25) is 0 Å². The third-order valence-electron chi connectivity index (χ3n) is 6.57. The van der Waals surface area contributed by atoms with Gasteiger partial charge < -0.3 is 20.3 Å². The Morgan fingerprint density at radius 2 is 1.08 bits per heavy atom. The van der Waals surface area contributed by atoms with E-state index in [-0.39, 0.29) is 18.0 Å². The molecular weight excluding hydrogens is 466 g/mol. The van der Waals surface area contributed by atoms with Crippen LogP contribution in [-0.4, -0.2) is 34.9 Å². The minimum atomic E-state index is -1.53. The van der Waals surface area contributed by atoms with Crippen molar-refractivity contribution < 1.29 is 24.2 Å². The number of hydrogen-bond acceptors (Lipinski definition) is 5. The number of anilines is 1. The molecule has 0 aromatic heterocycles. The zero-order chi connectivity index (χ0) is 27.5. The SMILES string of the molecule is CC(C)OC(CCCCCCCCCCCCCCCCC(=O)c1ccc(N)cc1)(OC(C)C)C(=O)O. The first-order chi connectivity index (χ1) is 17.7. The van der Waals surface area contributed by atoms with Gasteiger partial charge in [-0.2, -0.15) is 0 Å². The Kier molecular flexibility index (Phi) is 17.2. The number of nitrogens with two attached hydrogens (primary N) is 1. The lowest BCUT2D eigenvalue weighted by Crippen LogP contribution is -2.47. The van der Waals surface area contributed by atoms with E-state index in [1.165, 1.54) is 57.8 Å². The Hall–Kier alpha value is -1.92. The van der Waals surface area contributed by atoms with Crippen molar-refractivity contribution >= 4 is 17.4 Å². The number of aliphatic carboxylic acids is 1. The number of carbonyl (C=O) groups is 2. The van der Waals surface area contributed by atoms with Gasteiger partial charge in [0.25, 0.3) is 5.79 Å². The van der Waals surface area contributed by atoms with Crippen LogP contribution in [0.4, 0.5) is 5.69 Å². The number of nitrogen functional groups attached to an aromatic ring is 1. The smallest absolute Gasteiger partial charge is 0.364 e. The van der Waals surface area contributed by atoms with Crippen molar-refractivity contribution in [1.29, 1.82) is 0 Å². The van der Waals surface area contributed by atoms with Crippen LogP contribution in [0.1, 0.15) is 141 Å². The maximum Gasteiger partial charge on any atom is 0.364 e. The van der Waals surface area contributed by atoms with E-state index in [4.69, 9.17) is 15.2 Å². The molecule has 0 aliphatic heterocycles. The van der Waals surface area contributed by atoms with Gasteiger partial charge in [0.1, 0.15) is 0 Å². The van der Waals surface area contributed by atoms with E-state index in [2.05, 4.69) is 0 Å². The third kappa shape index (κ3) is 15.2. The van der Waals surface area contributed by atoms with Gasteiger partial charge in [-0.05, 0) is 64.8 Å². The summed E-state index contributed by atoms with van der Waals surface area (Å²) in [5, 5.41) is 9.74. The molecule has 0 fully saturated rings. The first-order valence-electron chi connectivity index (χ1n) is 14.6. The van der Waals surface area contributed by atoms with Gasteiger partial charge in [-0.1, -0.05) is 77.0 Å². The normalized spacial score (nSPS) is 11.9. The van der Waals surface area contributed by atoms with E-state index in [0.29, 0.717) is 18.5 Å². The van der Waals surface area contributed by atoms with Crippen molar-refractivity contribution in [2.24, 2.45) is 0 Å². The molecule has 6 heteroatoms. The van der Waals surface area contributed by atoms with Gasteiger partial charge in [0.15, 0.2) is 5.78 Å². The lowest BCUT2D eigenvalue weighted by molar-refractivity contribution is -0.270. The molecule has 0 atom stereocenters. The maximum absolute atomic E-state index is 12.2. The highest BCUT2D eigenvalue weighted by Gasteiger charge is 2.42. The molecule has 0 spiro atoms. The number of carboxylic acid groups (broad SMARTS) is 1. The molecular formula is C31H53NO5. The molecule has 0 unspecified atom stereocenters. The van der Waals surface area contributed by atoms with Crippen LogP contribution in [0.15, 0.2) is 24.3 Å². The highest BCUT2D eigenvalue weighted by molar-refractivity contribution is 5.96. The minimum absolute atomic E-state index is 0.202. The zero-order valence-electron chi connectivity index (χ0n) is 23.9. The predicted molar refractivity (Wildman–Crippen MR) is 152 cm³/mol. The highest BCUT2D eigenvalue weighted by Crippen LogP contribution is 2.26. The number of carbonyl (C=O) groups excluding carboxylic acids is 1. The number of rotatable bonds is 23. The van der Waals surface area contributed by atoms with Crippen LogP contribution in [0, 0.1) is 0 Å². The van der Waals surface area contributed by atoms with E-state index in [1.54, 1.807) is 12.1 Å². The molecule has 0 radical (unpaired) electrons. The molecule has 0 bridgehead atoms. The average Bonchev–Trinajstić information content (AvgIpc) is 2.83. The molecule has 0 saturated heterocycles. The molecule has 6 nitrogen and oxygen atoms in total. The van der Waals surface area contributed by atoms with E-state index in [9.17, 15) is 14.7 Å². The number of ketones is 1. The van der Waals surface area contributed by atoms with Crippen molar-refractivity contribution in [3.8, 4) is 0 Å². The molecule has 0 amide bonds. The fourth-order valence-electron chi connectivity index (χ4n) is 4.69. The molecule has 0 heterocycles. The number of ether oxygens (including phenoxy) is 2. The monoisotopic (exact) mass is 519 g/mol. The number of benzene rings is 1. The van der Waals surface area contributed by atoms with Gasteiger partial charge in [0.05, 0.1) is 12.2 Å². The summed E-state index contributed by atoms with van der Waals surface area (Å²) in [6.07, 6.45) is 17.0. The topological polar surface area (TPSA) is 98.9 Å². The molecule has 0 saturated carbocycles. The van der Waals surface area contributed by atoms with E-state index in [0.717, 1.165) is 37.7 Å². The summed E-state index contributed by atoms with van der Waals surface area (Å²) in [6.45, 7) is 7.37. The van der Waals surface area contributed by atoms with Gasteiger partial charge in [-0.3, -0.25) is 4.79 Å².